The molecule has 0 spiro atoms. The van der Waals surface area contributed by atoms with E-state index < -0.39 is 15.1 Å². The molecule has 0 saturated carbocycles. The topological polar surface area (TPSA) is 0 Å². The molecule has 0 radical (unpaired) electrons. The second kappa shape index (κ2) is 7.97. The highest BCUT2D eigenvalue weighted by molar-refractivity contribution is 6.49. The Kier molecular flexibility index (Phi) is 8.92. The van der Waals surface area contributed by atoms with Gasteiger partial charge in [-0.15, -0.1) is 58.0 Å². The maximum absolute atomic E-state index is 6.00. The predicted octanol–water partition coefficient (Wildman–Crippen LogP) is 5.71. The number of allylic oxidation sites excluding steroid dienone is 1. The largest absolute Gasteiger partial charge is 0.127 e. The lowest BCUT2D eigenvalue weighted by molar-refractivity contribution is 0.644. The summed E-state index contributed by atoms with van der Waals surface area (Å²) in [4.78, 5) is 0. The zero-order chi connectivity index (χ0) is 12.1. The molecule has 0 amide bonds. The highest BCUT2D eigenvalue weighted by atomic mass is 35.5. The quantitative estimate of drug-likeness (QED) is 0.536. The van der Waals surface area contributed by atoms with Crippen molar-refractivity contribution in [3.63, 3.8) is 0 Å². The van der Waals surface area contributed by atoms with Crippen molar-refractivity contribution in [3.8, 4) is 0 Å². The maximum atomic E-state index is 6.00. The van der Waals surface area contributed by atoms with Crippen molar-refractivity contribution >= 4 is 81.2 Å². The highest BCUT2D eigenvalue weighted by Gasteiger charge is 2.31. The molecule has 15 heavy (non-hydrogen) atoms. The Hall–Kier alpha value is 1.77. The number of halogens is 7. The second-order valence-corrected chi connectivity index (χ2v) is 6.61. The first-order chi connectivity index (χ1) is 6.84. The minimum absolute atomic E-state index is 0.258. The molecule has 0 rings (SSSR count). The summed E-state index contributed by atoms with van der Waals surface area (Å²) >= 11 is 40.5. The predicted molar refractivity (Wildman–Crippen MR) is 73.5 cm³/mol. The van der Waals surface area contributed by atoms with Crippen LogP contribution in [0, 0.1) is 0 Å². The second-order valence-electron chi connectivity index (χ2n) is 2.91. The Morgan fingerprint density at radius 1 is 1.27 bits per heavy atom. The fourth-order valence-corrected chi connectivity index (χ4v) is 3.03. The van der Waals surface area contributed by atoms with Crippen LogP contribution in [0.2, 0.25) is 0 Å². The summed E-state index contributed by atoms with van der Waals surface area (Å²) < 4.78 is -0.995. The number of alkyl halides is 5. The van der Waals surface area contributed by atoms with Gasteiger partial charge in [-0.1, -0.05) is 23.2 Å². The maximum Gasteiger partial charge on any atom is 0.120 e. The SMILES string of the molecule is ClC=C(Cl)C(Cl)C(Cl)CC(Cl)(Cl)CCCl. The molecule has 7 heteroatoms. The van der Waals surface area contributed by atoms with Crippen molar-refractivity contribution < 1.29 is 0 Å². The molecule has 0 N–H and O–H groups in total. The van der Waals surface area contributed by atoms with Crippen molar-refractivity contribution in [1.29, 1.82) is 0 Å². The lowest BCUT2D eigenvalue weighted by Crippen LogP contribution is -2.25. The van der Waals surface area contributed by atoms with Crippen LogP contribution in [0.4, 0.5) is 0 Å². The Morgan fingerprint density at radius 3 is 2.20 bits per heavy atom. The molecule has 0 aliphatic carbocycles. The van der Waals surface area contributed by atoms with Gasteiger partial charge in [-0.3, -0.25) is 0 Å². The molecule has 0 aliphatic heterocycles. The number of rotatable bonds is 6. The molecule has 0 aromatic carbocycles. The molecule has 0 saturated heterocycles. The number of hydrogen-bond donors (Lipinski definition) is 0. The summed E-state index contributed by atoms with van der Waals surface area (Å²) in [7, 11) is 0. The minimum Gasteiger partial charge on any atom is -0.127 e. The smallest absolute Gasteiger partial charge is 0.120 e. The van der Waals surface area contributed by atoms with E-state index in [0.717, 1.165) is 0 Å². The van der Waals surface area contributed by atoms with E-state index in [2.05, 4.69) is 0 Å². The van der Waals surface area contributed by atoms with Crippen molar-refractivity contribution in [3.05, 3.63) is 10.6 Å². The van der Waals surface area contributed by atoms with Crippen LogP contribution in [-0.4, -0.2) is 21.0 Å². The summed E-state index contributed by atoms with van der Waals surface area (Å²) in [6, 6.07) is 0. The standard InChI is InChI=1S/C8H9Cl7/c9-2-1-8(14,15)3-5(11)7(13)6(12)4-10/h4-5,7H,1-3H2. The first kappa shape index (κ1) is 16.8. The summed E-state index contributed by atoms with van der Waals surface area (Å²) in [5.41, 5.74) is 1.17. The zero-order valence-corrected chi connectivity index (χ0v) is 12.8. The summed E-state index contributed by atoms with van der Waals surface area (Å²) in [5, 5.41) is -0.862. The van der Waals surface area contributed by atoms with E-state index in [1.807, 2.05) is 0 Å². The van der Waals surface area contributed by atoms with Gasteiger partial charge in [-0.2, -0.15) is 0 Å². The molecule has 0 aromatic rings. The molecular formula is C8H9Cl7. The van der Waals surface area contributed by atoms with E-state index in [1.54, 1.807) is 0 Å². The Bertz CT molecular complexity index is 213. The van der Waals surface area contributed by atoms with Crippen molar-refractivity contribution in [2.45, 2.75) is 27.9 Å². The third-order valence-electron chi connectivity index (χ3n) is 1.64. The van der Waals surface area contributed by atoms with Crippen LogP contribution in [0.25, 0.3) is 0 Å². The molecule has 0 heterocycles. The van der Waals surface area contributed by atoms with Gasteiger partial charge in [0.15, 0.2) is 0 Å². The molecule has 0 fully saturated rings. The van der Waals surface area contributed by atoms with Crippen LogP contribution in [0.15, 0.2) is 10.6 Å². The van der Waals surface area contributed by atoms with Gasteiger partial charge < -0.3 is 0 Å². The summed E-state index contributed by atoms with van der Waals surface area (Å²) in [6.07, 6.45) is 0.701. The van der Waals surface area contributed by atoms with Crippen LogP contribution < -0.4 is 0 Å². The van der Waals surface area contributed by atoms with Gasteiger partial charge in [0.1, 0.15) is 4.33 Å². The number of hydrogen-bond acceptors (Lipinski definition) is 0. The van der Waals surface area contributed by atoms with Gasteiger partial charge in [-0.05, 0) is 12.8 Å². The van der Waals surface area contributed by atoms with Crippen molar-refractivity contribution in [2.75, 3.05) is 5.88 Å². The normalized spacial score (nSPS) is 17.7. The van der Waals surface area contributed by atoms with E-state index in [0.29, 0.717) is 12.3 Å². The lowest BCUT2D eigenvalue weighted by Gasteiger charge is -2.23. The molecule has 90 valence electrons. The van der Waals surface area contributed by atoms with E-state index in [4.69, 9.17) is 81.2 Å². The molecular weight excluding hydrogens is 344 g/mol. The molecule has 0 aliphatic rings. The van der Waals surface area contributed by atoms with E-state index in [9.17, 15) is 0 Å². The first-order valence-electron chi connectivity index (χ1n) is 4.01. The van der Waals surface area contributed by atoms with Gasteiger partial charge in [0, 0.05) is 16.4 Å². The average molecular weight is 353 g/mol. The average Bonchev–Trinajstić information content (AvgIpc) is 2.14. The van der Waals surface area contributed by atoms with Gasteiger partial charge in [0.25, 0.3) is 0 Å². The monoisotopic (exact) mass is 350 g/mol. The van der Waals surface area contributed by atoms with Crippen LogP contribution in [-0.2, 0) is 0 Å². The van der Waals surface area contributed by atoms with Crippen LogP contribution in [0.5, 0.6) is 0 Å². The molecule has 0 nitrogen and oxygen atoms in total. The van der Waals surface area contributed by atoms with Gasteiger partial charge in [-0.25, -0.2) is 0 Å². The molecule has 2 atom stereocenters. The van der Waals surface area contributed by atoms with Crippen molar-refractivity contribution in [2.24, 2.45) is 0 Å². The molecule has 0 aromatic heterocycles. The van der Waals surface area contributed by atoms with E-state index in [1.165, 1.54) is 5.54 Å². The molecule has 0 bridgehead atoms. The Morgan fingerprint density at radius 2 is 1.80 bits per heavy atom. The third-order valence-corrected chi connectivity index (χ3v) is 4.39. The first-order valence-corrected chi connectivity index (χ1v) is 6.99. The Balaban J connectivity index is 4.29. The van der Waals surface area contributed by atoms with E-state index in [-0.39, 0.29) is 11.5 Å². The highest BCUT2D eigenvalue weighted by Crippen LogP contribution is 2.36. The summed E-state index contributed by atoms with van der Waals surface area (Å²) in [6.45, 7) is 0. The van der Waals surface area contributed by atoms with Crippen LogP contribution in [0.3, 0.4) is 0 Å². The zero-order valence-electron chi connectivity index (χ0n) is 7.50. The third kappa shape index (κ3) is 6.93. The Labute approximate surface area is 125 Å². The van der Waals surface area contributed by atoms with E-state index >= 15 is 0 Å². The molecule has 2 unspecified atom stereocenters. The van der Waals surface area contributed by atoms with Crippen LogP contribution in [0.1, 0.15) is 12.8 Å². The van der Waals surface area contributed by atoms with Gasteiger partial charge >= 0.3 is 0 Å². The summed E-state index contributed by atoms with van der Waals surface area (Å²) in [5.74, 6) is 0.350. The van der Waals surface area contributed by atoms with Crippen molar-refractivity contribution in [1.82, 2.24) is 0 Å². The van der Waals surface area contributed by atoms with Gasteiger partial charge in [0.05, 0.1) is 10.8 Å². The fraction of sp³-hybridized carbons (Fsp3) is 0.750. The fourth-order valence-electron chi connectivity index (χ4n) is 0.862. The lowest BCUT2D eigenvalue weighted by atomic mass is 10.1. The minimum atomic E-state index is -0.995. The van der Waals surface area contributed by atoms with Crippen LogP contribution >= 0.6 is 81.2 Å². The van der Waals surface area contributed by atoms with Gasteiger partial charge in [0.2, 0.25) is 0 Å².